The molecular weight excluding hydrogens is 224 g/mol. The van der Waals surface area contributed by atoms with Crippen LogP contribution in [0.2, 0.25) is 0 Å². The Hall–Kier alpha value is -0.570. The third-order valence-electron chi connectivity index (χ3n) is 5.24. The number of carbonyl (C=O) groups excluding carboxylic acids is 1. The molecule has 3 rings (SSSR count). The average molecular weight is 250 g/mol. The van der Waals surface area contributed by atoms with Crippen LogP contribution in [-0.4, -0.2) is 47.4 Å². The molecule has 2 heterocycles. The van der Waals surface area contributed by atoms with Crippen molar-refractivity contribution in [2.75, 3.05) is 19.6 Å². The Morgan fingerprint density at radius 3 is 2.39 bits per heavy atom. The number of piperidine rings is 1. The van der Waals surface area contributed by atoms with Crippen LogP contribution in [0, 0.1) is 5.92 Å². The van der Waals surface area contributed by atoms with Crippen molar-refractivity contribution in [3.63, 3.8) is 0 Å². The van der Waals surface area contributed by atoms with E-state index in [-0.39, 0.29) is 6.04 Å². The number of nitrogens with zero attached hydrogens (tertiary/aromatic N) is 2. The fourth-order valence-corrected chi connectivity index (χ4v) is 3.98. The first-order valence-corrected chi connectivity index (χ1v) is 7.82. The Morgan fingerprint density at radius 2 is 1.78 bits per heavy atom. The zero-order valence-corrected chi connectivity index (χ0v) is 11.6. The molecule has 3 atom stereocenters. The van der Waals surface area contributed by atoms with Gasteiger partial charge < -0.3 is 4.90 Å². The van der Waals surface area contributed by atoms with E-state index in [1.165, 1.54) is 38.5 Å². The molecule has 2 saturated heterocycles. The van der Waals surface area contributed by atoms with Crippen LogP contribution in [0.25, 0.3) is 0 Å². The summed E-state index contributed by atoms with van der Waals surface area (Å²) in [6, 6.07) is 0.894. The normalized spacial score (nSPS) is 37.6. The molecule has 3 nitrogen and oxygen atoms in total. The van der Waals surface area contributed by atoms with E-state index in [9.17, 15) is 4.79 Å². The van der Waals surface area contributed by atoms with Crippen LogP contribution in [-0.2, 0) is 4.79 Å². The minimum atomic E-state index is 0.213. The lowest BCUT2D eigenvalue weighted by atomic mass is 9.94. The highest BCUT2D eigenvalue weighted by atomic mass is 16.2. The molecule has 3 aliphatic rings. The second-order valence-corrected chi connectivity index (χ2v) is 6.40. The zero-order valence-electron chi connectivity index (χ0n) is 11.6. The van der Waals surface area contributed by atoms with E-state index in [0.29, 0.717) is 11.9 Å². The average Bonchev–Trinajstić information content (AvgIpc) is 2.73. The molecule has 0 aromatic rings. The van der Waals surface area contributed by atoms with Crippen LogP contribution >= 0.6 is 0 Å². The topological polar surface area (TPSA) is 23.6 Å². The minimum absolute atomic E-state index is 0.213. The monoisotopic (exact) mass is 250 g/mol. The van der Waals surface area contributed by atoms with Gasteiger partial charge in [-0.25, -0.2) is 0 Å². The molecule has 0 spiro atoms. The maximum absolute atomic E-state index is 12.5. The lowest BCUT2D eigenvalue weighted by Crippen LogP contribution is -2.57. The smallest absolute Gasteiger partial charge is 0.239 e. The summed E-state index contributed by atoms with van der Waals surface area (Å²) in [6.07, 6.45) is 8.84. The SMILES string of the molecule is C[C@@H]1CCC[C@H]1N1CCCCC1C(=O)N1CCC1. The first-order valence-electron chi connectivity index (χ1n) is 7.82. The number of hydrogen-bond acceptors (Lipinski definition) is 2. The zero-order chi connectivity index (χ0) is 12.5. The van der Waals surface area contributed by atoms with E-state index in [1.807, 2.05) is 0 Å². The maximum Gasteiger partial charge on any atom is 0.239 e. The standard InChI is InChI=1S/C15H26N2O/c1-12-6-4-8-13(12)17-11-3-2-7-14(17)15(18)16-9-5-10-16/h12-14H,2-11H2,1H3/t12-,13-,14?/m1/s1. The van der Waals surface area contributed by atoms with Crippen LogP contribution in [0.4, 0.5) is 0 Å². The number of amides is 1. The summed E-state index contributed by atoms with van der Waals surface area (Å²) in [5.74, 6) is 1.22. The van der Waals surface area contributed by atoms with Gasteiger partial charge in [0.05, 0.1) is 6.04 Å². The van der Waals surface area contributed by atoms with E-state index < -0.39 is 0 Å². The number of likely N-dealkylation sites (tertiary alicyclic amines) is 2. The van der Waals surface area contributed by atoms with Gasteiger partial charge in [-0.1, -0.05) is 19.8 Å². The summed E-state index contributed by atoms with van der Waals surface area (Å²) >= 11 is 0. The molecule has 1 aliphatic carbocycles. The lowest BCUT2D eigenvalue weighted by molar-refractivity contribution is -0.143. The Kier molecular flexibility index (Phi) is 3.60. The molecule has 2 aliphatic heterocycles. The summed E-state index contributed by atoms with van der Waals surface area (Å²) in [4.78, 5) is 17.2. The number of rotatable bonds is 2. The number of carbonyl (C=O) groups is 1. The van der Waals surface area contributed by atoms with Crippen LogP contribution < -0.4 is 0 Å². The molecule has 0 aromatic carbocycles. The molecule has 1 unspecified atom stereocenters. The van der Waals surface area contributed by atoms with Crippen LogP contribution in [0.1, 0.15) is 51.9 Å². The van der Waals surface area contributed by atoms with Gasteiger partial charge in [0.1, 0.15) is 0 Å². The molecule has 0 bridgehead atoms. The summed E-state index contributed by atoms with van der Waals surface area (Å²) in [5.41, 5.74) is 0. The molecule has 3 fully saturated rings. The van der Waals surface area contributed by atoms with Gasteiger partial charge in [-0.2, -0.15) is 0 Å². The second-order valence-electron chi connectivity index (χ2n) is 6.40. The highest BCUT2D eigenvalue weighted by Crippen LogP contribution is 2.34. The van der Waals surface area contributed by atoms with Crippen molar-refractivity contribution >= 4 is 5.91 Å². The van der Waals surface area contributed by atoms with E-state index in [0.717, 1.165) is 32.0 Å². The van der Waals surface area contributed by atoms with Crippen LogP contribution in [0.15, 0.2) is 0 Å². The predicted octanol–water partition coefficient (Wildman–Crippen LogP) is 2.26. The van der Waals surface area contributed by atoms with E-state index in [4.69, 9.17) is 0 Å². The van der Waals surface area contributed by atoms with Crippen molar-refractivity contribution in [3.05, 3.63) is 0 Å². The third kappa shape index (κ3) is 2.18. The lowest BCUT2D eigenvalue weighted by Gasteiger charge is -2.44. The molecule has 1 amide bonds. The van der Waals surface area contributed by atoms with Crippen molar-refractivity contribution in [2.45, 2.75) is 64.0 Å². The maximum atomic E-state index is 12.5. The van der Waals surface area contributed by atoms with Crippen molar-refractivity contribution in [1.82, 2.24) is 9.80 Å². The fraction of sp³-hybridized carbons (Fsp3) is 0.933. The first-order chi connectivity index (χ1) is 8.77. The Labute approximate surface area is 111 Å². The van der Waals surface area contributed by atoms with Gasteiger partial charge in [-0.15, -0.1) is 0 Å². The van der Waals surface area contributed by atoms with Gasteiger partial charge in [-0.3, -0.25) is 9.69 Å². The molecule has 0 radical (unpaired) electrons. The van der Waals surface area contributed by atoms with Crippen molar-refractivity contribution in [3.8, 4) is 0 Å². The Bertz CT molecular complexity index is 314. The summed E-state index contributed by atoms with van der Waals surface area (Å²) in [7, 11) is 0. The molecule has 18 heavy (non-hydrogen) atoms. The molecule has 0 N–H and O–H groups in total. The molecule has 1 saturated carbocycles. The van der Waals surface area contributed by atoms with Crippen LogP contribution in [0.5, 0.6) is 0 Å². The molecule has 0 aromatic heterocycles. The van der Waals surface area contributed by atoms with E-state index >= 15 is 0 Å². The van der Waals surface area contributed by atoms with Crippen molar-refractivity contribution in [2.24, 2.45) is 5.92 Å². The summed E-state index contributed by atoms with van der Waals surface area (Å²) < 4.78 is 0. The van der Waals surface area contributed by atoms with E-state index in [1.54, 1.807) is 0 Å². The largest absolute Gasteiger partial charge is 0.341 e. The van der Waals surface area contributed by atoms with Gasteiger partial charge in [0.25, 0.3) is 0 Å². The summed E-state index contributed by atoms with van der Waals surface area (Å²) in [6.45, 7) is 5.53. The second kappa shape index (κ2) is 5.20. The van der Waals surface area contributed by atoms with Crippen molar-refractivity contribution < 1.29 is 4.79 Å². The van der Waals surface area contributed by atoms with E-state index in [2.05, 4.69) is 16.7 Å². The highest BCUT2D eigenvalue weighted by molar-refractivity contribution is 5.82. The van der Waals surface area contributed by atoms with Gasteiger partial charge in [0.2, 0.25) is 5.91 Å². The van der Waals surface area contributed by atoms with Gasteiger partial charge >= 0.3 is 0 Å². The highest BCUT2D eigenvalue weighted by Gasteiger charge is 2.39. The molecule has 3 heteroatoms. The predicted molar refractivity (Wildman–Crippen MR) is 72.3 cm³/mol. The minimum Gasteiger partial charge on any atom is -0.341 e. The summed E-state index contributed by atoms with van der Waals surface area (Å²) in [5, 5.41) is 0. The molecule has 102 valence electrons. The fourth-order valence-electron chi connectivity index (χ4n) is 3.98. The quantitative estimate of drug-likeness (QED) is 0.750. The van der Waals surface area contributed by atoms with Crippen LogP contribution in [0.3, 0.4) is 0 Å². The van der Waals surface area contributed by atoms with Gasteiger partial charge in [0.15, 0.2) is 0 Å². The van der Waals surface area contributed by atoms with Gasteiger partial charge in [-0.05, 0) is 44.6 Å². The third-order valence-corrected chi connectivity index (χ3v) is 5.24. The van der Waals surface area contributed by atoms with Crippen molar-refractivity contribution in [1.29, 1.82) is 0 Å². The number of hydrogen-bond donors (Lipinski definition) is 0. The first kappa shape index (κ1) is 12.5. The van der Waals surface area contributed by atoms with Gasteiger partial charge in [0, 0.05) is 19.1 Å². The molecular formula is C15H26N2O. The Morgan fingerprint density at radius 1 is 0.944 bits per heavy atom. The Balaban J connectivity index is 1.70.